The SMILES string of the molecule is C=C[C@@]12CCc3cc(OC)ccc3[C@H]1[C@@H](c1ccc(O)cc1)C[C@]1(C)[C@@H](OC3CCCCO3)CC[C@H]12. The number of allylic oxidation sites excluding steroid dienone is 1. The third-order valence-corrected chi connectivity index (χ3v) is 10.2. The van der Waals surface area contributed by atoms with Gasteiger partial charge < -0.3 is 19.3 Å². The molecule has 0 bridgehead atoms. The van der Waals surface area contributed by atoms with Gasteiger partial charge in [-0.05, 0) is 115 Å². The Morgan fingerprint density at radius 1 is 1.08 bits per heavy atom. The third kappa shape index (κ3) is 3.71. The zero-order valence-electron chi connectivity index (χ0n) is 21.7. The van der Waals surface area contributed by atoms with Gasteiger partial charge in [-0.25, -0.2) is 0 Å². The van der Waals surface area contributed by atoms with Gasteiger partial charge in [-0.1, -0.05) is 31.2 Å². The van der Waals surface area contributed by atoms with Crippen LogP contribution < -0.4 is 4.74 Å². The van der Waals surface area contributed by atoms with Crippen LogP contribution in [0.5, 0.6) is 11.5 Å². The molecule has 3 fully saturated rings. The van der Waals surface area contributed by atoms with Crippen LogP contribution in [-0.2, 0) is 15.9 Å². The van der Waals surface area contributed by atoms with E-state index in [1.165, 1.54) is 29.5 Å². The fourth-order valence-electron chi connectivity index (χ4n) is 8.59. The van der Waals surface area contributed by atoms with Crippen molar-refractivity contribution in [1.29, 1.82) is 0 Å². The second kappa shape index (κ2) is 9.22. The van der Waals surface area contributed by atoms with Crippen LogP contribution in [0.1, 0.15) is 80.4 Å². The van der Waals surface area contributed by atoms with Crippen molar-refractivity contribution in [3.63, 3.8) is 0 Å². The lowest BCUT2D eigenvalue weighted by atomic mass is 9.44. The molecular formula is C32H40O4. The molecule has 1 unspecified atom stereocenters. The Hall–Kier alpha value is -2.30. The van der Waals surface area contributed by atoms with Crippen molar-refractivity contribution < 1.29 is 19.3 Å². The van der Waals surface area contributed by atoms with Gasteiger partial charge in [0.1, 0.15) is 11.5 Å². The van der Waals surface area contributed by atoms with Crippen LogP contribution in [0.2, 0.25) is 0 Å². The standard InChI is InChI=1S/C32H40O4/c1-4-32-17-16-22-19-24(34-3)12-13-25(22)30(32)26(21-8-10-23(33)11-9-21)20-31(2)27(32)14-15-28(31)36-29-7-5-6-18-35-29/h4,8-13,19,26-30,33H,1,5-7,14-18,20H2,2-3H3/t26-,27-,28+,29?,30+,31+,32+/m1/s1. The van der Waals surface area contributed by atoms with E-state index in [0.717, 1.165) is 50.9 Å². The molecule has 4 heteroatoms. The minimum Gasteiger partial charge on any atom is -0.508 e. The van der Waals surface area contributed by atoms with Gasteiger partial charge in [0.05, 0.1) is 13.2 Å². The Morgan fingerprint density at radius 2 is 1.92 bits per heavy atom. The second-order valence-corrected chi connectivity index (χ2v) is 11.8. The van der Waals surface area contributed by atoms with Crippen molar-refractivity contribution in [2.75, 3.05) is 13.7 Å². The number of aryl methyl sites for hydroxylation is 1. The lowest BCUT2D eigenvalue weighted by Crippen LogP contribution is -2.54. The van der Waals surface area contributed by atoms with Crippen LogP contribution in [-0.4, -0.2) is 31.2 Å². The summed E-state index contributed by atoms with van der Waals surface area (Å²) in [4.78, 5) is 0. The number of fused-ring (bicyclic) bond motifs is 5. The number of benzene rings is 2. The predicted molar refractivity (Wildman–Crippen MR) is 141 cm³/mol. The Morgan fingerprint density at radius 3 is 2.64 bits per heavy atom. The van der Waals surface area contributed by atoms with Gasteiger partial charge in [0.2, 0.25) is 0 Å². The Labute approximate surface area is 215 Å². The molecule has 3 aliphatic carbocycles. The fourth-order valence-corrected chi connectivity index (χ4v) is 8.59. The van der Waals surface area contributed by atoms with E-state index in [0.29, 0.717) is 23.5 Å². The molecule has 192 valence electrons. The average molecular weight is 489 g/mol. The molecule has 2 saturated carbocycles. The average Bonchev–Trinajstić information content (AvgIpc) is 3.24. The van der Waals surface area contributed by atoms with Crippen molar-refractivity contribution in [2.24, 2.45) is 16.7 Å². The van der Waals surface area contributed by atoms with Crippen molar-refractivity contribution in [2.45, 2.75) is 82.5 Å². The monoisotopic (exact) mass is 488 g/mol. The van der Waals surface area contributed by atoms with Gasteiger partial charge in [-0.2, -0.15) is 0 Å². The summed E-state index contributed by atoms with van der Waals surface area (Å²) >= 11 is 0. The molecule has 0 amide bonds. The van der Waals surface area contributed by atoms with Crippen molar-refractivity contribution in [1.82, 2.24) is 0 Å². The summed E-state index contributed by atoms with van der Waals surface area (Å²) in [5, 5.41) is 10.1. The molecule has 4 nitrogen and oxygen atoms in total. The van der Waals surface area contributed by atoms with Crippen LogP contribution in [0.15, 0.2) is 55.1 Å². The number of methoxy groups -OCH3 is 1. The van der Waals surface area contributed by atoms with Gasteiger partial charge in [0.15, 0.2) is 6.29 Å². The molecule has 1 N–H and O–H groups in total. The highest BCUT2D eigenvalue weighted by Crippen LogP contribution is 2.71. The van der Waals surface area contributed by atoms with Gasteiger partial charge in [0, 0.05) is 12.5 Å². The van der Waals surface area contributed by atoms with Gasteiger partial charge in [0.25, 0.3) is 0 Å². The van der Waals surface area contributed by atoms with E-state index < -0.39 is 0 Å². The first-order chi connectivity index (χ1) is 17.5. The summed E-state index contributed by atoms with van der Waals surface area (Å²) in [7, 11) is 1.75. The van der Waals surface area contributed by atoms with E-state index in [1.807, 2.05) is 12.1 Å². The largest absolute Gasteiger partial charge is 0.508 e. The molecule has 2 aromatic carbocycles. The Balaban J connectivity index is 1.45. The molecule has 0 spiro atoms. The molecule has 36 heavy (non-hydrogen) atoms. The maximum atomic E-state index is 10.1. The highest BCUT2D eigenvalue weighted by Gasteiger charge is 2.64. The van der Waals surface area contributed by atoms with E-state index in [9.17, 15) is 5.11 Å². The molecule has 2 aromatic rings. The van der Waals surface area contributed by atoms with E-state index in [4.69, 9.17) is 14.2 Å². The summed E-state index contributed by atoms with van der Waals surface area (Å²) in [6, 6.07) is 14.6. The minimum atomic E-state index is -0.0663. The molecule has 1 heterocycles. The summed E-state index contributed by atoms with van der Waals surface area (Å²) < 4.78 is 18.4. The van der Waals surface area contributed by atoms with Gasteiger partial charge in [-0.3, -0.25) is 0 Å². The van der Waals surface area contributed by atoms with E-state index >= 15 is 0 Å². The van der Waals surface area contributed by atoms with Gasteiger partial charge in [-0.15, -0.1) is 6.58 Å². The van der Waals surface area contributed by atoms with Crippen LogP contribution in [0.3, 0.4) is 0 Å². The molecule has 1 saturated heterocycles. The van der Waals surface area contributed by atoms with Crippen LogP contribution >= 0.6 is 0 Å². The normalized spacial score (nSPS) is 37.4. The van der Waals surface area contributed by atoms with Crippen molar-refractivity contribution in [3.05, 3.63) is 71.8 Å². The quantitative estimate of drug-likeness (QED) is 0.455. The Bertz CT molecular complexity index is 1100. The Kier molecular flexibility index (Phi) is 6.16. The maximum absolute atomic E-state index is 10.1. The number of hydrogen-bond acceptors (Lipinski definition) is 4. The van der Waals surface area contributed by atoms with E-state index in [1.54, 1.807) is 7.11 Å². The van der Waals surface area contributed by atoms with Crippen molar-refractivity contribution in [3.8, 4) is 11.5 Å². The number of phenols is 1. The molecule has 4 aliphatic rings. The second-order valence-electron chi connectivity index (χ2n) is 11.8. The number of rotatable bonds is 5. The first-order valence-electron chi connectivity index (χ1n) is 13.8. The molecular weight excluding hydrogens is 448 g/mol. The maximum Gasteiger partial charge on any atom is 0.157 e. The number of ether oxygens (including phenoxy) is 3. The number of hydrogen-bond donors (Lipinski definition) is 1. The minimum absolute atomic E-state index is 0.00265. The lowest BCUT2D eigenvalue weighted by Gasteiger charge is -2.60. The molecule has 6 rings (SSSR count). The highest BCUT2D eigenvalue weighted by atomic mass is 16.7. The summed E-state index contributed by atoms with van der Waals surface area (Å²) in [6.45, 7) is 7.81. The molecule has 7 atom stereocenters. The topological polar surface area (TPSA) is 47.9 Å². The zero-order valence-corrected chi connectivity index (χ0v) is 21.7. The van der Waals surface area contributed by atoms with E-state index in [-0.39, 0.29) is 23.2 Å². The first-order valence-corrected chi connectivity index (χ1v) is 13.8. The van der Waals surface area contributed by atoms with Crippen LogP contribution in [0.25, 0.3) is 0 Å². The highest BCUT2D eigenvalue weighted by molar-refractivity contribution is 5.47. The smallest absolute Gasteiger partial charge is 0.157 e. The number of aromatic hydroxyl groups is 1. The third-order valence-electron chi connectivity index (χ3n) is 10.2. The molecule has 0 radical (unpaired) electrons. The first kappa shape index (κ1) is 24.1. The summed E-state index contributed by atoms with van der Waals surface area (Å²) in [5.41, 5.74) is 4.19. The number of phenolic OH excluding ortho intramolecular Hbond substituents is 1. The summed E-state index contributed by atoms with van der Waals surface area (Å²) in [5.74, 6) is 2.43. The fraction of sp³-hybridized carbons (Fsp3) is 0.562. The van der Waals surface area contributed by atoms with Crippen LogP contribution in [0, 0.1) is 16.7 Å². The van der Waals surface area contributed by atoms with E-state index in [2.05, 4.69) is 49.9 Å². The zero-order chi connectivity index (χ0) is 24.9. The summed E-state index contributed by atoms with van der Waals surface area (Å²) in [6.07, 6.45) is 11.2. The predicted octanol–water partition coefficient (Wildman–Crippen LogP) is 7.12. The molecule has 1 aliphatic heterocycles. The van der Waals surface area contributed by atoms with Crippen molar-refractivity contribution >= 4 is 0 Å². The van der Waals surface area contributed by atoms with Gasteiger partial charge >= 0.3 is 0 Å². The molecule has 0 aromatic heterocycles. The van der Waals surface area contributed by atoms with Crippen LogP contribution in [0.4, 0.5) is 0 Å². The lowest BCUT2D eigenvalue weighted by molar-refractivity contribution is -0.216.